The van der Waals surface area contributed by atoms with Crippen LogP contribution in [0.4, 0.5) is 5.95 Å². The Morgan fingerprint density at radius 2 is 2.12 bits per heavy atom. The highest BCUT2D eigenvalue weighted by atomic mass is 35.5. The van der Waals surface area contributed by atoms with Crippen LogP contribution < -0.4 is 5.32 Å². The summed E-state index contributed by atoms with van der Waals surface area (Å²) in [6, 6.07) is 8.52. The van der Waals surface area contributed by atoms with E-state index in [1.165, 1.54) is 11.3 Å². The fourth-order valence-electron chi connectivity index (χ4n) is 2.33. The van der Waals surface area contributed by atoms with E-state index in [-0.39, 0.29) is 11.7 Å². The molecule has 9 heteroatoms. The smallest absolute Gasteiger partial charge is 0.293 e. The lowest BCUT2D eigenvalue weighted by molar-refractivity contribution is 0.0994. The van der Waals surface area contributed by atoms with Gasteiger partial charge in [0.15, 0.2) is 5.76 Å². The normalized spacial score (nSPS) is 11.2. The molecule has 0 aliphatic carbocycles. The molecule has 0 radical (unpaired) electrons. The van der Waals surface area contributed by atoms with Crippen LogP contribution in [0, 0.1) is 6.92 Å². The SMILES string of the molecule is Cc1ccc(C(=O)Nc2nc3scc(-c4cc(Cl)ccc4Cl)n3n2)o1. The molecule has 0 saturated carbocycles. The second-order valence-electron chi connectivity index (χ2n) is 5.24. The maximum absolute atomic E-state index is 12.2. The van der Waals surface area contributed by atoms with Crippen molar-refractivity contribution in [1.29, 1.82) is 0 Å². The highest BCUT2D eigenvalue weighted by Gasteiger charge is 2.17. The molecule has 0 aliphatic rings. The van der Waals surface area contributed by atoms with Gasteiger partial charge in [-0.3, -0.25) is 10.1 Å². The quantitative estimate of drug-likeness (QED) is 0.536. The van der Waals surface area contributed by atoms with Crippen LogP contribution >= 0.6 is 34.5 Å². The zero-order valence-electron chi connectivity index (χ0n) is 12.8. The van der Waals surface area contributed by atoms with Gasteiger partial charge in [0.05, 0.1) is 10.7 Å². The van der Waals surface area contributed by atoms with Crippen molar-refractivity contribution in [2.24, 2.45) is 0 Å². The number of amides is 1. The van der Waals surface area contributed by atoms with E-state index < -0.39 is 5.91 Å². The average Bonchev–Trinajstić information content (AvgIpc) is 3.25. The number of carbonyl (C=O) groups is 1. The topological polar surface area (TPSA) is 72.4 Å². The monoisotopic (exact) mass is 392 g/mol. The Labute approximate surface area is 156 Å². The van der Waals surface area contributed by atoms with Crippen molar-refractivity contribution in [2.45, 2.75) is 6.92 Å². The molecule has 0 fully saturated rings. The van der Waals surface area contributed by atoms with Gasteiger partial charge in [0.25, 0.3) is 11.9 Å². The predicted octanol–water partition coefficient (Wildman–Crippen LogP) is 4.92. The second kappa shape index (κ2) is 6.18. The largest absolute Gasteiger partial charge is 0.456 e. The Morgan fingerprint density at radius 1 is 1.28 bits per heavy atom. The zero-order valence-corrected chi connectivity index (χ0v) is 15.1. The number of thiazole rings is 1. The molecule has 3 heterocycles. The van der Waals surface area contributed by atoms with Crippen LogP contribution in [0.15, 0.2) is 40.1 Å². The van der Waals surface area contributed by atoms with Crippen LogP contribution in [-0.2, 0) is 0 Å². The van der Waals surface area contributed by atoms with Gasteiger partial charge in [0.2, 0.25) is 4.96 Å². The van der Waals surface area contributed by atoms with E-state index in [9.17, 15) is 4.79 Å². The molecule has 1 amide bonds. The number of hydrogen-bond donors (Lipinski definition) is 1. The van der Waals surface area contributed by atoms with Gasteiger partial charge >= 0.3 is 0 Å². The summed E-state index contributed by atoms with van der Waals surface area (Å²) in [5.74, 6) is 0.634. The summed E-state index contributed by atoms with van der Waals surface area (Å²) < 4.78 is 6.91. The molecule has 0 unspecified atom stereocenters. The predicted molar refractivity (Wildman–Crippen MR) is 97.7 cm³/mol. The van der Waals surface area contributed by atoms with Crippen LogP contribution in [0.3, 0.4) is 0 Å². The first kappa shape index (κ1) is 16.1. The molecule has 0 spiro atoms. The van der Waals surface area contributed by atoms with Crippen LogP contribution in [0.25, 0.3) is 16.2 Å². The van der Waals surface area contributed by atoms with Crippen molar-refractivity contribution >= 4 is 51.4 Å². The Balaban J connectivity index is 1.69. The maximum atomic E-state index is 12.2. The number of furan rings is 1. The van der Waals surface area contributed by atoms with Crippen LogP contribution in [-0.4, -0.2) is 20.5 Å². The molecule has 0 saturated heterocycles. The zero-order chi connectivity index (χ0) is 17.6. The molecule has 6 nitrogen and oxygen atoms in total. The van der Waals surface area contributed by atoms with Gasteiger partial charge in [-0.05, 0) is 37.3 Å². The number of hydrogen-bond acceptors (Lipinski definition) is 5. The van der Waals surface area contributed by atoms with Crippen molar-refractivity contribution in [3.8, 4) is 11.3 Å². The molecular formula is C16H10Cl2N4O2S. The van der Waals surface area contributed by atoms with Crippen LogP contribution in [0.1, 0.15) is 16.3 Å². The van der Waals surface area contributed by atoms with Crippen molar-refractivity contribution in [3.05, 3.63) is 57.3 Å². The van der Waals surface area contributed by atoms with Crippen molar-refractivity contribution in [2.75, 3.05) is 5.32 Å². The van der Waals surface area contributed by atoms with Gasteiger partial charge in [0.1, 0.15) is 5.76 Å². The minimum atomic E-state index is -0.409. The van der Waals surface area contributed by atoms with E-state index in [1.807, 2.05) is 5.38 Å². The third-order valence-corrected chi connectivity index (χ3v) is 4.86. The third kappa shape index (κ3) is 3.02. The molecule has 4 aromatic rings. The summed E-state index contributed by atoms with van der Waals surface area (Å²) in [6.45, 7) is 1.77. The standard InChI is InChI=1S/C16H10Cl2N4O2S/c1-8-2-5-13(24-8)14(23)19-15-20-16-22(21-15)12(7-25-16)10-6-9(17)3-4-11(10)18/h2-7H,1H3,(H,19,21,23). The highest BCUT2D eigenvalue weighted by Crippen LogP contribution is 2.33. The summed E-state index contributed by atoms with van der Waals surface area (Å²) >= 11 is 13.7. The molecule has 3 aromatic heterocycles. The molecular weight excluding hydrogens is 383 g/mol. The molecule has 0 atom stereocenters. The number of benzene rings is 1. The molecule has 1 N–H and O–H groups in total. The number of nitrogens with zero attached hydrogens (tertiary/aromatic N) is 3. The number of nitrogens with one attached hydrogen (secondary N) is 1. The fourth-order valence-corrected chi connectivity index (χ4v) is 3.54. The summed E-state index contributed by atoms with van der Waals surface area (Å²) in [6.07, 6.45) is 0. The summed E-state index contributed by atoms with van der Waals surface area (Å²) in [7, 11) is 0. The number of anilines is 1. The minimum Gasteiger partial charge on any atom is -0.456 e. The lowest BCUT2D eigenvalue weighted by Gasteiger charge is -2.03. The van der Waals surface area contributed by atoms with Gasteiger partial charge in [-0.25, -0.2) is 4.52 Å². The Hall–Kier alpha value is -2.35. The molecule has 1 aromatic carbocycles. The second-order valence-corrected chi connectivity index (χ2v) is 6.92. The lowest BCUT2D eigenvalue weighted by Crippen LogP contribution is -2.12. The summed E-state index contributed by atoms with van der Waals surface area (Å²) in [5.41, 5.74) is 1.49. The number of rotatable bonds is 3. The first-order valence-electron chi connectivity index (χ1n) is 7.19. The number of aromatic nitrogens is 3. The molecule has 0 aliphatic heterocycles. The lowest BCUT2D eigenvalue weighted by atomic mass is 10.2. The van der Waals surface area contributed by atoms with Crippen molar-refractivity contribution in [1.82, 2.24) is 14.6 Å². The summed E-state index contributed by atoms with van der Waals surface area (Å²) in [5, 5.41) is 9.96. The number of halogens is 2. The van der Waals surface area contributed by atoms with E-state index in [4.69, 9.17) is 27.6 Å². The van der Waals surface area contributed by atoms with Gasteiger partial charge in [-0.1, -0.05) is 23.2 Å². The maximum Gasteiger partial charge on any atom is 0.293 e. The van der Waals surface area contributed by atoms with E-state index in [0.29, 0.717) is 20.8 Å². The van der Waals surface area contributed by atoms with Crippen molar-refractivity contribution < 1.29 is 9.21 Å². The Bertz CT molecular complexity index is 1100. The summed E-state index contributed by atoms with van der Waals surface area (Å²) in [4.78, 5) is 17.1. The van der Waals surface area contributed by atoms with E-state index in [1.54, 1.807) is 41.8 Å². The van der Waals surface area contributed by atoms with E-state index in [0.717, 1.165) is 11.3 Å². The van der Waals surface area contributed by atoms with Crippen LogP contribution in [0.2, 0.25) is 10.0 Å². The van der Waals surface area contributed by atoms with Crippen LogP contribution in [0.5, 0.6) is 0 Å². The van der Waals surface area contributed by atoms with E-state index in [2.05, 4.69) is 15.4 Å². The molecule has 0 bridgehead atoms. The first-order valence-corrected chi connectivity index (χ1v) is 8.82. The minimum absolute atomic E-state index is 0.185. The van der Waals surface area contributed by atoms with Crippen molar-refractivity contribution in [3.63, 3.8) is 0 Å². The van der Waals surface area contributed by atoms with Gasteiger partial charge in [-0.2, -0.15) is 4.98 Å². The molecule has 126 valence electrons. The number of carbonyl (C=O) groups excluding carboxylic acids is 1. The van der Waals surface area contributed by atoms with Gasteiger partial charge in [0, 0.05) is 16.0 Å². The number of aryl methyl sites for hydroxylation is 1. The fraction of sp³-hybridized carbons (Fsp3) is 0.0625. The van der Waals surface area contributed by atoms with E-state index >= 15 is 0 Å². The Kier molecular flexibility index (Phi) is 3.99. The van der Waals surface area contributed by atoms with Gasteiger partial charge < -0.3 is 4.42 Å². The number of fused-ring (bicyclic) bond motifs is 1. The third-order valence-electron chi connectivity index (χ3n) is 3.48. The molecule has 4 rings (SSSR count). The van der Waals surface area contributed by atoms with Gasteiger partial charge in [-0.15, -0.1) is 16.4 Å². The molecule has 25 heavy (non-hydrogen) atoms. The Morgan fingerprint density at radius 3 is 2.88 bits per heavy atom. The average molecular weight is 393 g/mol. The highest BCUT2D eigenvalue weighted by molar-refractivity contribution is 7.15. The first-order chi connectivity index (χ1) is 12.0.